The molecule has 22 heavy (non-hydrogen) atoms. The third-order valence-electron chi connectivity index (χ3n) is 3.88. The molecule has 0 spiro atoms. The van der Waals surface area contributed by atoms with Gasteiger partial charge >= 0.3 is 0 Å². The Balaban J connectivity index is 1.95. The number of hydrogen-bond acceptors (Lipinski definition) is 2. The van der Waals surface area contributed by atoms with Gasteiger partial charge in [-0.25, -0.2) is 17.2 Å². The van der Waals surface area contributed by atoms with Crippen molar-refractivity contribution in [2.75, 3.05) is 6.54 Å². The van der Waals surface area contributed by atoms with Crippen LogP contribution in [0.1, 0.15) is 24.4 Å². The molecule has 1 aliphatic rings. The third-order valence-corrected chi connectivity index (χ3v) is 5.80. The molecule has 1 fully saturated rings. The minimum absolute atomic E-state index is 0.0721. The Hall–Kier alpha value is -1.79. The quantitative estimate of drug-likeness (QED) is 0.867. The lowest BCUT2D eigenvalue weighted by Gasteiger charge is -2.24. The van der Waals surface area contributed by atoms with E-state index in [9.17, 15) is 17.2 Å². The zero-order chi connectivity index (χ0) is 15.7. The van der Waals surface area contributed by atoms with Crippen LogP contribution in [0, 0.1) is 11.6 Å². The molecule has 6 heteroatoms. The van der Waals surface area contributed by atoms with Crippen LogP contribution in [0.4, 0.5) is 8.78 Å². The molecule has 1 saturated heterocycles. The lowest BCUT2D eigenvalue weighted by molar-refractivity contribution is 0.396. The number of nitrogens with zero attached hydrogens (tertiary/aromatic N) is 1. The van der Waals surface area contributed by atoms with Crippen LogP contribution in [-0.4, -0.2) is 19.3 Å². The zero-order valence-corrected chi connectivity index (χ0v) is 12.6. The summed E-state index contributed by atoms with van der Waals surface area (Å²) in [6.45, 7) is 0.405. The highest BCUT2D eigenvalue weighted by atomic mass is 32.2. The molecule has 3 nitrogen and oxygen atoms in total. The van der Waals surface area contributed by atoms with E-state index in [4.69, 9.17) is 0 Å². The van der Waals surface area contributed by atoms with Crippen molar-refractivity contribution in [1.82, 2.24) is 4.31 Å². The van der Waals surface area contributed by atoms with E-state index in [0.717, 1.165) is 24.1 Å². The highest BCUT2D eigenvalue weighted by Gasteiger charge is 2.36. The molecule has 0 saturated carbocycles. The van der Waals surface area contributed by atoms with E-state index in [1.165, 1.54) is 28.6 Å². The first kappa shape index (κ1) is 15.1. The Bertz CT molecular complexity index is 758. The van der Waals surface area contributed by atoms with Gasteiger partial charge in [0.25, 0.3) is 0 Å². The lowest BCUT2D eigenvalue weighted by atomic mass is 10.1. The Labute approximate surface area is 128 Å². The molecule has 0 aliphatic carbocycles. The molecule has 2 aromatic rings. The first-order valence-electron chi connectivity index (χ1n) is 7.01. The summed E-state index contributed by atoms with van der Waals surface area (Å²) >= 11 is 0. The highest BCUT2D eigenvalue weighted by Crippen LogP contribution is 2.36. The maximum atomic E-state index is 13.0. The molecule has 3 rings (SSSR count). The number of benzene rings is 2. The zero-order valence-electron chi connectivity index (χ0n) is 11.7. The van der Waals surface area contributed by atoms with Gasteiger partial charge in [0.15, 0.2) is 0 Å². The normalized spacial score (nSPS) is 19.5. The summed E-state index contributed by atoms with van der Waals surface area (Å²) in [6.07, 6.45) is 1.43. The largest absolute Gasteiger partial charge is 0.243 e. The van der Waals surface area contributed by atoms with Crippen LogP contribution in [0.2, 0.25) is 0 Å². The van der Waals surface area contributed by atoms with Gasteiger partial charge in [-0.2, -0.15) is 4.31 Å². The van der Waals surface area contributed by atoms with Gasteiger partial charge in [0.2, 0.25) is 10.0 Å². The van der Waals surface area contributed by atoms with Crippen LogP contribution in [0.25, 0.3) is 0 Å². The fraction of sp³-hybridized carbons (Fsp3) is 0.250. The van der Waals surface area contributed by atoms with Gasteiger partial charge in [-0.05, 0) is 54.8 Å². The number of hydrogen-bond donors (Lipinski definition) is 0. The molecule has 1 heterocycles. The molecule has 1 unspecified atom stereocenters. The first-order chi connectivity index (χ1) is 10.5. The van der Waals surface area contributed by atoms with Crippen molar-refractivity contribution < 1.29 is 17.2 Å². The van der Waals surface area contributed by atoms with Crippen molar-refractivity contribution in [3.63, 3.8) is 0 Å². The van der Waals surface area contributed by atoms with Crippen LogP contribution >= 0.6 is 0 Å². The van der Waals surface area contributed by atoms with E-state index < -0.39 is 15.8 Å². The van der Waals surface area contributed by atoms with Crippen LogP contribution in [0.15, 0.2) is 53.4 Å². The SMILES string of the molecule is O=S(=O)(c1ccc(F)cc1)N1CCCC1c1ccc(F)cc1. The number of sulfonamides is 1. The van der Waals surface area contributed by atoms with E-state index >= 15 is 0 Å². The highest BCUT2D eigenvalue weighted by molar-refractivity contribution is 7.89. The summed E-state index contributed by atoms with van der Waals surface area (Å²) in [5.41, 5.74) is 0.768. The maximum absolute atomic E-state index is 13.0. The predicted octanol–water partition coefficient (Wildman–Crippen LogP) is 3.49. The molecule has 0 amide bonds. The molecule has 0 N–H and O–H groups in total. The van der Waals surface area contributed by atoms with Gasteiger partial charge in [0, 0.05) is 6.54 Å². The summed E-state index contributed by atoms with van der Waals surface area (Å²) < 4.78 is 52.9. The first-order valence-corrected chi connectivity index (χ1v) is 8.45. The molecule has 1 aliphatic heterocycles. The van der Waals surface area contributed by atoms with Crippen molar-refractivity contribution in [3.05, 3.63) is 65.7 Å². The second-order valence-corrected chi connectivity index (χ2v) is 7.17. The topological polar surface area (TPSA) is 37.4 Å². The van der Waals surface area contributed by atoms with Gasteiger partial charge < -0.3 is 0 Å². The van der Waals surface area contributed by atoms with Crippen molar-refractivity contribution in [2.24, 2.45) is 0 Å². The van der Waals surface area contributed by atoms with Crippen LogP contribution in [0.5, 0.6) is 0 Å². The Morgan fingerprint density at radius 2 is 1.45 bits per heavy atom. The number of halogens is 2. The van der Waals surface area contributed by atoms with Crippen molar-refractivity contribution in [3.8, 4) is 0 Å². The molecule has 0 bridgehead atoms. The van der Waals surface area contributed by atoms with Crippen molar-refractivity contribution >= 4 is 10.0 Å². The fourth-order valence-electron chi connectivity index (χ4n) is 2.79. The number of rotatable bonds is 3. The van der Waals surface area contributed by atoms with Crippen molar-refractivity contribution in [1.29, 1.82) is 0 Å². The fourth-order valence-corrected chi connectivity index (χ4v) is 4.47. The molecule has 0 aromatic heterocycles. The summed E-state index contributed by atoms with van der Waals surface area (Å²) in [5, 5.41) is 0. The average molecular weight is 323 g/mol. The average Bonchev–Trinajstić information content (AvgIpc) is 2.99. The van der Waals surface area contributed by atoms with E-state index in [2.05, 4.69) is 0 Å². The molecule has 116 valence electrons. The Kier molecular flexibility index (Phi) is 3.97. The Morgan fingerprint density at radius 1 is 0.909 bits per heavy atom. The van der Waals surface area contributed by atoms with Crippen LogP contribution in [-0.2, 0) is 10.0 Å². The van der Waals surface area contributed by atoms with Gasteiger partial charge in [0.05, 0.1) is 10.9 Å². The van der Waals surface area contributed by atoms with Crippen molar-refractivity contribution in [2.45, 2.75) is 23.8 Å². The van der Waals surface area contributed by atoms with Gasteiger partial charge in [0.1, 0.15) is 11.6 Å². The summed E-state index contributed by atoms with van der Waals surface area (Å²) in [6, 6.07) is 10.4. The van der Waals surface area contributed by atoms with E-state index in [-0.39, 0.29) is 16.8 Å². The minimum Gasteiger partial charge on any atom is -0.207 e. The molecular formula is C16H15F2NO2S. The van der Waals surface area contributed by atoms with Gasteiger partial charge in [-0.3, -0.25) is 0 Å². The predicted molar refractivity (Wildman–Crippen MR) is 78.7 cm³/mol. The summed E-state index contributed by atoms with van der Waals surface area (Å²) in [7, 11) is -3.69. The van der Waals surface area contributed by atoms with Gasteiger partial charge in [-0.15, -0.1) is 0 Å². The monoisotopic (exact) mass is 323 g/mol. The third kappa shape index (κ3) is 2.76. The molecule has 0 radical (unpaired) electrons. The second-order valence-electron chi connectivity index (χ2n) is 5.28. The molecule has 1 atom stereocenters. The smallest absolute Gasteiger partial charge is 0.207 e. The summed E-state index contributed by atoms with van der Waals surface area (Å²) in [5.74, 6) is -0.829. The maximum Gasteiger partial charge on any atom is 0.243 e. The van der Waals surface area contributed by atoms with Crippen LogP contribution in [0.3, 0.4) is 0 Å². The molecule has 2 aromatic carbocycles. The van der Waals surface area contributed by atoms with Gasteiger partial charge in [-0.1, -0.05) is 12.1 Å². The van der Waals surface area contributed by atoms with Crippen LogP contribution < -0.4 is 0 Å². The molecular weight excluding hydrogens is 308 g/mol. The van der Waals surface area contributed by atoms with E-state index in [0.29, 0.717) is 13.0 Å². The second kappa shape index (κ2) is 5.78. The summed E-state index contributed by atoms with van der Waals surface area (Å²) in [4.78, 5) is 0.0721. The van der Waals surface area contributed by atoms with E-state index in [1.807, 2.05) is 0 Å². The minimum atomic E-state index is -3.69. The van der Waals surface area contributed by atoms with E-state index in [1.54, 1.807) is 12.1 Å². The standard InChI is InChI=1S/C16H15F2NO2S/c17-13-5-3-12(4-6-13)16-2-1-11-19(16)22(20,21)15-9-7-14(18)8-10-15/h3-10,16H,1-2,11H2. The Morgan fingerprint density at radius 3 is 2.05 bits per heavy atom. The lowest BCUT2D eigenvalue weighted by Crippen LogP contribution is -2.30.